The van der Waals surface area contributed by atoms with Crippen molar-refractivity contribution >= 4 is 44.9 Å². The highest BCUT2D eigenvalue weighted by Gasteiger charge is 2.34. The van der Waals surface area contributed by atoms with Gasteiger partial charge in [-0.15, -0.1) is 11.3 Å². The summed E-state index contributed by atoms with van der Waals surface area (Å²) in [5.41, 5.74) is 0. The second kappa shape index (κ2) is 10.5. The highest BCUT2D eigenvalue weighted by Crippen LogP contribution is 2.30. The molecule has 3 rings (SSSR count). The lowest BCUT2D eigenvalue weighted by atomic mass is 9.95. The van der Waals surface area contributed by atoms with Gasteiger partial charge in [-0.25, -0.2) is 8.42 Å². The van der Waals surface area contributed by atoms with Gasteiger partial charge < -0.3 is 9.80 Å². The zero-order chi connectivity index (χ0) is 21.7. The van der Waals surface area contributed by atoms with E-state index in [1.165, 1.54) is 15.6 Å². The molecule has 2 amide bonds. The second-order valence-electron chi connectivity index (χ2n) is 7.81. The molecule has 2 aliphatic heterocycles. The molecule has 3 heterocycles. The number of carbonyl (C=O) groups excluding carboxylic acids is 2. The van der Waals surface area contributed by atoms with Gasteiger partial charge in [0.1, 0.15) is 9.77 Å². The van der Waals surface area contributed by atoms with Crippen molar-refractivity contribution in [2.24, 2.45) is 5.92 Å². The van der Waals surface area contributed by atoms with Gasteiger partial charge in [-0.1, -0.05) is 13.3 Å². The largest absolute Gasteiger partial charge is 0.346 e. The van der Waals surface area contributed by atoms with Gasteiger partial charge >= 0.3 is 0 Å². The lowest BCUT2D eigenvalue weighted by Crippen LogP contribution is -2.44. The first-order valence-electron chi connectivity index (χ1n) is 10.6. The number of piperidine rings is 1. The number of hydrogen-bond donors (Lipinski definition) is 0. The molecule has 0 unspecified atom stereocenters. The average molecular weight is 474 g/mol. The zero-order valence-electron chi connectivity index (χ0n) is 17.7. The van der Waals surface area contributed by atoms with Gasteiger partial charge in [0.2, 0.25) is 15.9 Å². The van der Waals surface area contributed by atoms with Crippen molar-refractivity contribution in [2.75, 3.05) is 51.3 Å². The maximum absolute atomic E-state index is 13.1. The molecular weight excluding hydrogens is 442 g/mol. The Labute approximate surface area is 187 Å². The van der Waals surface area contributed by atoms with Crippen LogP contribution < -0.4 is 0 Å². The fourth-order valence-corrected chi connectivity index (χ4v) is 7.81. The maximum Gasteiger partial charge on any atom is 0.265 e. The topological polar surface area (TPSA) is 78.0 Å². The van der Waals surface area contributed by atoms with Gasteiger partial charge in [-0.2, -0.15) is 16.1 Å². The molecule has 0 radical (unpaired) electrons. The summed E-state index contributed by atoms with van der Waals surface area (Å²) in [6.45, 7) is 4.79. The molecule has 30 heavy (non-hydrogen) atoms. The minimum absolute atomic E-state index is 0.0618. The van der Waals surface area contributed by atoms with Crippen LogP contribution in [0.1, 0.15) is 42.3 Å². The summed E-state index contributed by atoms with van der Waals surface area (Å²) < 4.78 is 27.6. The lowest BCUT2D eigenvalue weighted by molar-refractivity contribution is -0.135. The van der Waals surface area contributed by atoms with Gasteiger partial charge in [-0.05, 0) is 30.7 Å². The predicted octanol–water partition coefficient (Wildman–Crippen LogP) is 2.60. The molecule has 0 spiro atoms. The Balaban J connectivity index is 1.64. The molecule has 10 heteroatoms. The van der Waals surface area contributed by atoms with E-state index in [9.17, 15) is 18.0 Å². The Hall–Kier alpha value is -1.10. The fraction of sp³-hybridized carbons (Fsp3) is 0.700. The summed E-state index contributed by atoms with van der Waals surface area (Å²) in [5.74, 6) is 1.41. The van der Waals surface area contributed by atoms with Crippen LogP contribution in [0.5, 0.6) is 0 Å². The first-order chi connectivity index (χ1) is 14.4. The molecule has 168 valence electrons. The number of amides is 2. The minimum Gasteiger partial charge on any atom is -0.346 e. The number of unbranched alkanes of at least 4 members (excludes halogenated alkanes) is 1. The van der Waals surface area contributed by atoms with Crippen molar-refractivity contribution in [1.82, 2.24) is 14.1 Å². The van der Waals surface area contributed by atoms with Crippen molar-refractivity contribution in [3.05, 3.63) is 16.3 Å². The van der Waals surface area contributed by atoms with E-state index in [0.29, 0.717) is 39.0 Å². The number of sulfonamides is 1. The average Bonchev–Trinajstić information content (AvgIpc) is 3.28. The van der Waals surface area contributed by atoms with Gasteiger partial charge in [0.25, 0.3) is 5.91 Å². The van der Waals surface area contributed by atoms with E-state index in [0.717, 1.165) is 30.9 Å². The molecule has 1 aromatic heterocycles. The summed E-state index contributed by atoms with van der Waals surface area (Å²) in [6, 6.07) is 1.55. The van der Waals surface area contributed by atoms with Crippen molar-refractivity contribution in [1.29, 1.82) is 0 Å². The Morgan fingerprint density at radius 1 is 1.17 bits per heavy atom. The zero-order valence-corrected chi connectivity index (χ0v) is 20.2. The molecule has 0 atom stereocenters. The van der Waals surface area contributed by atoms with E-state index in [4.69, 9.17) is 0 Å². The van der Waals surface area contributed by atoms with Crippen LogP contribution in [0.25, 0.3) is 0 Å². The molecule has 0 aromatic carbocycles. The van der Waals surface area contributed by atoms with E-state index >= 15 is 0 Å². The predicted molar refractivity (Wildman–Crippen MR) is 122 cm³/mol. The number of thiophene rings is 1. The molecule has 7 nitrogen and oxygen atoms in total. The second-order valence-corrected chi connectivity index (χ2v) is 11.9. The monoisotopic (exact) mass is 473 g/mol. The van der Waals surface area contributed by atoms with E-state index in [1.54, 1.807) is 33.0 Å². The summed E-state index contributed by atoms with van der Waals surface area (Å²) in [7, 11) is -1.81. The Morgan fingerprint density at radius 2 is 1.83 bits per heavy atom. The SMILES string of the molecule is CCCCN(C)C(=O)C1CCN(C(=O)c2sccc2S(=O)(=O)N2CCSCC2)CC1. The molecule has 0 aliphatic carbocycles. The smallest absolute Gasteiger partial charge is 0.265 e. The minimum atomic E-state index is -3.66. The first-order valence-corrected chi connectivity index (χ1v) is 14.0. The summed E-state index contributed by atoms with van der Waals surface area (Å²) in [5, 5.41) is 1.68. The number of rotatable bonds is 7. The Kier molecular flexibility index (Phi) is 8.23. The Bertz CT molecular complexity index is 841. The molecule has 1 aromatic rings. The van der Waals surface area contributed by atoms with Gasteiger partial charge in [0, 0.05) is 57.2 Å². The molecule has 2 aliphatic rings. The Morgan fingerprint density at radius 3 is 2.47 bits per heavy atom. The number of likely N-dealkylation sites (tertiary alicyclic amines) is 1. The van der Waals surface area contributed by atoms with E-state index in [-0.39, 0.29) is 27.5 Å². The fourth-order valence-electron chi connectivity index (χ4n) is 3.87. The standard InChI is InChI=1S/C20H31N3O4S3/c1-3-4-8-21(2)19(24)16-5-9-22(10-6-16)20(25)18-17(7-13-29-18)30(26,27)23-11-14-28-15-12-23/h7,13,16H,3-6,8-12,14-15H2,1-2H3. The molecule has 0 bridgehead atoms. The highest BCUT2D eigenvalue weighted by molar-refractivity contribution is 7.99. The summed E-state index contributed by atoms with van der Waals surface area (Å²) in [6.07, 6.45) is 3.29. The summed E-state index contributed by atoms with van der Waals surface area (Å²) in [4.78, 5) is 29.6. The summed E-state index contributed by atoms with van der Waals surface area (Å²) >= 11 is 2.93. The van der Waals surface area contributed by atoms with Crippen LogP contribution in [0.3, 0.4) is 0 Å². The van der Waals surface area contributed by atoms with Crippen molar-refractivity contribution in [3.63, 3.8) is 0 Å². The number of carbonyl (C=O) groups is 2. The van der Waals surface area contributed by atoms with Gasteiger partial charge in [0.15, 0.2) is 0 Å². The molecule has 2 saturated heterocycles. The third-order valence-corrected chi connectivity index (χ3v) is 9.68. The quantitative estimate of drug-likeness (QED) is 0.608. The van der Waals surface area contributed by atoms with Crippen LogP contribution in [0.15, 0.2) is 16.3 Å². The molecule has 2 fully saturated rings. The van der Waals surface area contributed by atoms with E-state index in [2.05, 4.69) is 6.92 Å². The third-order valence-electron chi connectivity index (χ3n) is 5.77. The maximum atomic E-state index is 13.1. The van der Waals surface area contributed by atoms with E-state index in [1.807, 2.05) is 7.05 Å². The molecule has 0 N–H and O–H groups in total. The number of hydrogen-bond acceptors (Lipinski definition) is 6. The number of thioether (sulfide) groups is 1. The third kappa shape index (κ3) is 5.20. The molecular formula is C20H31N3O4S3. The highest BCUT2D eigenvalue weighted by atomic mass is 32.2. The van der Waals surface area contributed by atoms with Crippen LogP contribution in [0, 0.1) is 5.92 Å². The van der Waals surface area contributed by atoms with E-state index < -0.39 is 10.0 Å². The van der Waals surface area contributed by atoms with Crippen molar-refractivity contribution < 1.29 is 18.0 Å². The molecule has 0 saturated carbocycles. The van der Waals surface area contributed by atoms with Crippen molar-refractivity contribution in [3.8, 4) is 0 Å². The van der Waals surface area contributed by atoms with Crippen LogP contribution in [-0.2, 0) is 14.8 Å². The number of nitrogens with zero attached hydrogens (tertiary/aromatic N) is 3. The normalized spacial score (nSPS) is 19.1. The van der Waals surface area contributed by atoms with Gasteiger partial charge in [-0.3, -0.25) is 9.59 Å². The lowest BCUT2D eigenvalue weighted by Gasteiger charge is -2.33. The van der Waals surface area contributed by atoms with Crippen LogP contribution >= 0.6 is 23.1 Å². The van der Waals surface area contributed by atoms with Crippen LogP contribution in [0.4, 0.5) is 0 Å². The van der Waals surface area contributed by atoms with Gasteiger partial charge in [0.05, 0.1) is 0 Å². The first kappa shape index (κ1) is 23.6. The van der Waals surface area contributed by atoms with Crippen LogP contribution in [0.2, 0.25) is 0 Å². The van der Waals surface area contributed by atoms with Crippen molar-refractivity contribution in [2.45, 2.75) is 37.5 Å². The van der Waals surface area contributed by atoms with Crippen LogP contribution in [-0.4, -0.2) is 85.6 Å².